The van der Waals surface area contributed by atoms with Crippen molar-refractivity contribution >= 4 is 50.8 Å². The Hall–Kier alpha value is -3.56. The van der Waals surface area contributed by atoms with Crippen molar-refractivity contribution in [2.24, 2.45) is 0 Å². The predicted molar refractivity (Wildman–Crippen MR) is 160 cm³/mol. The first-order valence-corrected chi connectivity index (χ1v) is 14.5. The number of carbonyl (C=O) groups excluding carboxylic acids is 2. The minimum Gasteiger partial charge on any atom is -0.497 e. The summed E-state index contributed by atoms with van der Waals surface area (Å²) in [5.41, 5.74) is 5.13. The summed E-state index contributed by atoms with van der Waals surface area (Å²) >= 11 is 2.89. The third-order valence-corrected chi connectivity index (χ3v) is 8.63. The number of aromatic nitrogens is 1. The highest BCUT2D eigenvalue weighted by Crippen LogP contribution is 2.33. The van der Waals surface area contributed by atoms with Gasteiger partial charge >= 0.3 is 0 Å². The highest BCUT2D eigenvalue weighted by Gasteiger charge is 2.19. The summed E-state index contributed by atoms with van der Waals surface area (Å²) in [7, 11) is 3.22. The van der Waals surface area contributed by atoms with Gasteiger partial charge in [-0.05, 0) is 72.9 Å². The second kappa shape index (κ2) is 12.5. The quantitative estimate of drug-likeness (QED) is 0.203. The second-order valence-corrected chi connectivity index (χ2v) is 11.7. The van der Waals surface area contributed by atoms with Gasteiger partial charge in [0.25, 0.3) is 5.91 Å². The van der Waals surface area contributed by atoms with E-state index in [9.17, 15) is 9.59 Å². The minimum absolute atomic E-state index is 0.0664. The van der Waals surface area contributed by atoms with Crippen molar-refractivity contribution in [1.29, 1.82) is 0 Å². The molecule has 3 aromatic carbocycles. The van der Waals surface area contributed by atoms with Crippen LogP contribution >= 0.6 is 23.1 Å². The van der Waals surface area contributed by atoms with E-state index in [-0.39, 0.29) is 23.6 Å². The van der Waals surface area contributed by atoms with Gasteiger partial charge in [0.15, 0.2) is 4.34 Å². The summed E-state index contributed by atoms with van der Waals surface area (Å²) in [6.45, 7) is 8.17. The average molecular weight is 564 g/mol. The van der Waals surface area contributed by atoms with E-state index in [0.717, 1.165) is 37.0 Å². The maximum atomic E-state index is 13.1. The number of thioether (sulfide) groups is 1. The maximum absolute atomic E-state index is 13.1. The number of hydrogen-bond donors (Lipinski definition) is 2. The molecular weight excluding hydrogens is 530 g/mol. The first kappa shape index (κ1) is 28.4. The lowest BCUT2D eigenvalue weighted by Crippen LogP contribution is -2.28. The first-order chi connectivity index (χ1) is 18.7. The molecule has 1 aromatic heterocycles. The number of methoxy groups -OCH3 is 2. The van der Waals surface area contributed by atoms with Gasteiger partial charge in [-0.3, -0.25) is 9.59 Å². The molecule has 9 heteroatoms. The molecule has 39 heavy (non-hydrogen) atoms. The van der Waals surface area contributed by atoms with Crippen LogP contribution in [-0.4, -0.2) is 36.8 Å². The molecule has 1 heterocycles. The van der Waals surface area contributed by atoms with Crippen molar-refractivity contribution in [1.82, 2.24) is 10.3 Å². The molecule has 4 aromatic rings. The molecule has 0 saturated heterocycles. The van der Waals surface area contributed by atoms with Crippen LogP contribution in [0.25, 0.3) is 10.2 Å². The molecule has 0 aliphatic carbocycles. The van der Waals surface area contributed by atoms with Gasteiger partial charge in [-0.25, -0.2) is 4.98 Å². The Morgan fingerprint density at radius 2 is 1.74 bits per heavy atom. The zero-order chi connectivity index (χ0) is 28.1. The smallest absolute Gasteiger partial charge is 0.259 e. The van der Waals surface area contributed by atoms with E-state index in [1.54, 1.807) is 14.2 Å². The van der Waals surface area contributed by atoms with Crippen LogP contribution in [0.4, 0.5) is 5.69 Å². The van der Waals surface area contributed by atoms with Gasteiger partial charge < -0.3 is 20.1 Å². The molecule has 1 unspecified atom stereocenters. The van der Waals surface area contributed by atoms with Crippen molar-refractivity contribution in [2.75, 3.05) is 25.3 Å². The fourth-order valence-electron chi connectivity index (χ4n) is 4.40. The molecule has 7 nitrogen and oxygen atoms in total. The van der Waals surface area contributed by atoms with Gasteiger partial charge in [0.1, 0.15) is 11.5 Å². The van der Waals surface area contributed by atoms with E-state index in [1.807, 2.05) is 68.4 Å². The van der Waals surface area contributed by atoms with Crippen molar-refractivity contribution < 1.29 is 19.1 Å². The Morgan fingerprint density at radius 1 is 1.00 bits per heavy atom. The highest BCUT2D eigenvalue weighted by atomic mass is 32.2. The summed E-state index contributed by atoms with van der Waals surface area (Å²) in [4.78, 5) is 30.3. The molecule has 0 aliphatic heterocycles. The average Bonchev–Trinajstić information content (AvgIpc) is 3.33. The van der Waals surface area contributed by atoms with Crippen LogP contribution in [0.2, 0.25) is 0 Å². The van der Waals surface area contributed by atoms with Gasteiger partial charge in [0.2, 0.25) is 5.91 Å². The number of fused-ring (bicyclic) bond motifs is 1. The largest absolute Gasteiger partial charge is 0.497 e. The van der Waals surface area contributed by atoms with E-state index in [1.165, 1.54) is 23.1 Å². The van der Waals surface area contributed by atoms with Crippen LogP contribution < -0.4 is 20.1 Å². The van der Waals surface area contributed by atoms with Crippen molar-refractivity contribution in [3.05, 3.63) is 76.9 Å². The zero-order valence-corrected chi connectivity index (χ0v) is 24.6. The number of thiazole rings is 1. The molecule has 0 radical (unpaired) electrons. The van der Waals surface area contributed by atoms with E-state index in [4.69, 9.17) is 9.47 Å². The first-order valence-electron chi connectivity index (χ1n) is 12.7. The maximum Gasteiger partial charge on any atom is 0.259 e. The summed E-state index contributed by atoms with van der Waals surface area (Å²) in [6, 6.07) is 16.9. The standard InChI is InChI=1S/C30H33N3O4S2/c1-17(2)23-12-13-24(28(37-6)18(23)3)29(35)32-21-9-14-25-26(15-21)39-30(33-25)38-16-27(34)31-19(4)20-7-10-22(36-5)11-8-20/h7-15,17,19H,16H2,1-6H3,(H,31,34)(H,32,35). The van der Waals surface area contributed by atoms with E-state index >= 15 is 0 Å². The van der Waals surface area contributed by atoms with Crippen LogP contribution in [0.5, 0.6) is 11.5 Å². The SMILES string of the molecule is COc1ccc(C(C)NC(=O)CSc2nc3ccc(NC(=O)c4ccc(C(C)C)c(C)c4OC)cc3s2)cc1. The fourth-order valence-corrected chi connectivity index (χ4v) is 6.32. The third kappa shape index (κ3) is 6.72. The summed E-state index contributed by atoms with van der Waals surface area (Å²) < 4.78 is 12.5. The lowest BCUT2D eigenvalue weighted by atomic mass is 9.95. The third-order valence-electron chi connectivity index (χ3n) is 6.47. The molecule has 4 rings (SSSR count). The summed E-state index contributed by atoms with van der Waals surface area (Å²) in [5, 5.41) is 6.01. The number of rotatable bonds is 10. The number of hydrogen-bond acceptors (Lipinski definition) is 7. The summed E-state index contributed by atoms with van der Waals surface area (Å²) in [6.07, 6.45) is 0. The van der Waals surface area contributed by atoms with Gasteiger partial charge in [-0.1, -0.05) is 43.8 Å². The molecule has 0 fully saturated rings. The van der Waals surface area contributed by atoms with E-state index in [0.29, 0.717) is 22.9 Å². The minimum atomic E-state index is -0.230. The molecule has 204 valence electrons. The fraction of sp³-hybridized carbons (Fsp3) is 0.300. The Kier molecular flexibility index (Phi) is 9.14. The molecule has 0 bridgehead atoms. The normalized spacial score (nSPS) is 11.9. The number of carbonyl (C=O) groups is 2. The molecule has 2 N–H and O–H groups in total. The van der Waals surface area contributed by atoms with Crippen LogP contribution in [0.3, 0.4) is 0 Å². The molecule has 1 atom stereocenters. The Bertz CT molecular complexity index is 1480. The number of nitrogens with one attached hydrogen (secondary N) is 2. The van der Waals surface area contributed by atoms with Gasteiger partial charge in [0, 0.05) is 5.69 Å². The van der Waals surface area contributed by atoms with Gasteiger partial charge in [0.05, 0.1) is 41.8 Å². The molecule has 0 saturated carbocycles. The number of amides is 2. The van der Waals surface area contributed by atoms with E-state index < -0.39 is 0 Å². The van der Waals surface area contributed by atoms with Crippen molar-refractivity contribution in [3.63, 3.8) is 0 Å². The lowest BCUT2D eigenvalue weighted by Gasteiger charge is -2.17. The van der Waals surface area contributed by atoms with E-state index in [2.05, 4.69) is 29.5 Å². The molecule has 0 spiro atoms. The van der Waals surface area contributed by atoms with Gasteiger partial charge in [-0.2, -0.15) is 0 Å². The van der Waals surface area contributed by atoms with Crippen molar-refractivity contribution in [3.8, 4) is 11.5 Å². The van der Waals surface area contributed by atoms with Crippen LogP contribution in [0.15, 0.2) is 58.9 Å². The van der Waals surface area contributed by atoms with Crippen LogP contribution in [-0.2, 0) is 4.79 Å². The Morgan fingerprint density at radius 3 is 2.41 bits per heavy atom. The molecular formula is C30H33N3O4S2. The monoisotopic (exact) mass is 563 g/mol. The predicted octanol–water partition coefficient (Wildman–Crippen LogP) is 6.97. The number of anilines is 1. The van der Waals surface area contributed by atoms with Gasteiger partial charge in [-0.15, -0.1) is 11.3 Å². The van der Waals surface area contributed by atoms with Crippen molar-refractivity contribution in [2.45, 2.75) is 44.0 Å². The molecule has 0 aliphatic rings. The highest BCUT2D eigenvalue weighted by molar-refractivity contribution is 8.01. The van der Waals surface area contributed by atoms with Crippen LogP contribution in [0, 0.1) is 6.92 Å². The molecule has 2 amide bonds. The second-order valence-electron chi connectivity index (χ2n) is 9.48. The Labute approximate surface area is 237 Å². The Balaban J connectivity index is 1.39. The number of benzene rings is 3. The number of ether oxygens (including phenoxy) is 2. The zero-order valence-electron chi connectivity index (χ0n) is 23.0. The lowest BCUT2D eigenvalue weighted by molar-refractivity contribution is -0.119. The topological polar surface area (TPSA) is 89.5 Å². The van der Waals surface area contributed by atoms with Crippen LogP contribution in [0.1, 0.15) is 59.8 Å². The number of nitrogens with zero attached hydrogens (tertiary/aromatic N) is 1. The summed E-state index contributed by atoms with van der Waals surface area (Å²) in [5.74, 6) is 1.67.